The molecule has 5 nitrogen and oxygen atoms in total. The third kappa shape index (κ3) is 3.69. The highest BCUT2D eigenvalue weighted by atomic mass is 32.2. The number of nitrogens with zero attached hydrogens (tertiary/aromatic N) is 2. The van der Waals surface area contributed by atoms with Gasteiger partial charge in [-0.05, 0) is 43.9 Å². The predicted octanol–water partition coefficient (Wildman–Crippen LogP) is 3.34. The Morgan fingerprint density at radius 1 is 1.27 bits per heavy atom. The third-order valence-corrected chi connectivity index (χ3v) is 8.44. The number of benzene rings is 1. The maximum absolute atomic E-state index is 12.6. The molecule has 0 aliphatic carbocycles. The average molecular weight is 395 g/mol. The zero-order valence-electron chi connectivity index (χ0n) is 15.7. The van der Waals surface area contributed by atoms with Crippen molar-refractivity contribution < 1.29 is 13.2 Å². The van der Waals surface area contributed by atoms with Crippen LogP contribution in [-0.2, 0) is 14.6 Å². The van der Waals surface area contributed by atoms with Gasteiger partial charge in [-0.3, -0.25) is 4.79 Å². The van der Waals surface area contributed by atoms with Crippen LogP contribution in [0.2, 0.25) is 0 Å². The Kier molecular flexibility index (Phi) is 5.49. The monoisotopic (exact) mass is 394 g/mol. The quantitative estimate of drug-likeness (QED) is 0.783. The number of aryl methyl sites for hydroxylation is 2. The minimum atomic E-state index is -3.05. The van der Waals surface area contributed by atoms with Gasteiger partial charge in [0.25, 0.3) is 5.91 Å². The molecule has 7 heteroatoms. The van der Waals surface area contributed by atoms with Crippen LogP contribution in [0.25, 0.3) is 0 Å². The van der Waals surface area contributed by atoms with E-state index >= 15 is 0 Å². The number of fused-ring (bicyclic) bond motifs is 1. The molecule has 1 amide bonds. The molecule has 0 aromatic heterocycles. The van der Waals surface area contributed by atoms with Gasteiger partial charge in [0.05, 0.1) is 17.5 Å². The van der Waals surface area contributed by atoms with E-state index in [1.54, 1.807) is 0 Å². The maximum atomic E-state index is 12.6. The number of sulfone groups is 1. The van der Waals surface area contributed by atoms with Crippen LogP contribution in [0.3, 0.4) is 0 Å². The largest absolute Gasteiger partial charge is 0.315 e. The van der Waals surface area contributed by atoms with Gasteiger partial charge in [0.15, 0.2) is 15.0 Å². The Morgan fingerprint density at radius 3 is 2.62 bits per heavy atom. The van der Waals surface area contributed by atoms with Gasteiger partial charge in [0, 0.05) is 16.9 Å². The zero-order chi connectivity index (χ0) is 19.1. The van der Waals surface area contributed by atoms with Gasteiger partial charge in [0.1, 0.15) is 0 Å². The molecule has 1 aromatic rings. The second-order valence-corrected chi connectivity index (χ2v) is 10.6. The van der Waals surface area contributed by atoms with Crippen molar-refractivity contribution in [3.05, 3.63) is 29.3 Å². The standard InChI is InChI=1S/C19H26N2O3S2/c1-5-14(6-2)18(22)20-19-21(15-9-12(3)7-8-13(15)4)16-10-26(23,24)11-17(16)25-19/h7-9,14,16-17H,5-6,10-11H2,1-4H3/t16-,17+/m1/s1. The van der Waals surface area contributed by atoms with E-state index in [0.29, 0.717) is 5.17 Å². The summed E-state index contributed by atoms with van der Waals surface area (Å²) >= 11 is 1.44. The first-order valence-corrected chi connectivity index (χ1v) is 11.8. The number of rotatable bonds is 4. The molecule has 0 bridgehead atoms. The lowest BCUT2D eigenvalue weighted by molar-refractivity contribution is -0.121. The predicted molar refractivity (Wildman–Crippen MR) is 109 cm³/mol. The molecule has 2 heterocycles. The van der Waals surface area contributed by atoms with Crippen LogP contribution in [0.15, 0.2) is 23.2 Å². The van der Waals surface area contributed by atoms with E-state index in [1.165, 1.54) is 11.8 Å². The summed E-state index contributed by atoms with van der Waals surface area (Å²) in [5.41, 5.74) is 3.12. The molecule has 0 spiro atoms. The topological polar surface area (TPSA) is 66.8 Å². The number of hydrogen-bond acceptors (Lipinski definition) is 4. The molecule has 142 valence electrons. The number of hydrogen-bond donors (Lipinski definition) is 0. The summed E-state index contributed by atoms with van der Waals surface area (Å²) in [4.78, 5) is 19.0. The number of anilines is 1. The molecule has 2 aliphatic heterocycles. The molecule has 0 unspecified atom stereocenters. The van der Waals surface area contributed by atoms with Crippen molar-refractivity contribution in [2.24, 2.45) is 10.9 Å². The van der Waals surface area contributed by atoms with E-state index in [0.717, 1.165) is 29.7 Å². The van der Waals surface area contributed by atoms with Gasteiger partial charge >= 0.3 is 0 Å². The van der Waals surface area contributed by atoms with Gasteiger partial charge in [-0.1, -0.05) is 37.7 Å². The van der Waals surface area contributed by atoms with Gasteiger partial charge in [0.2, 0.25) is 0 Å². The number of aliphatic imine (C=N–C) groups is 1. The van der Waals surface area contributed by atoms with E-state index in [-0.39, 0.29) is 34.6 Å². The Labute approximate surface area is 160 Å². The van der Waals surface area contributed by atoms with Gasteiger partial charge in [-0.15, -0.1) is 0 Å². The molecule has 1 aromatic carbocycles. The highest BCUT2D eigenvalue weighted by molar-refractivity contribution is 8.16. The molecule has 2 aliphatic rings. The maximum Gasteiger partial charge on any atom is 0.251 e. The molecule has 0 N–H and O–H groups in total. The highest BCUT2D eigenvalue weighted by Crippen LogP contribution is 2.42. The number of amidine groups is 1. The number of thioether (sulfide) groups is 1. The van der Waals surface area contributed by atoms with Crippen LogP contribution >= 0.6 is 11.8 Å². The Bertz CT molecular complexity index is 844. The summed E-state index contributed by atoms with van der Waals surface area (Å²) in [7, 11) is -3.05. The van der Waals surface area contributed by atoms with E-state index in [4.69, 9.17) is 0 Å². The Morgan fingerprint density at radius 2 is 1.96 bits per heavy atom. The Hall–Kier alpha value is -1.34. The minimum Gasteiger partial charge on any atom is -0.315 e. The fourth-order valence-electron chi connectivity index (χ4n) is 3.65. The number of carbonyl (C=O) groups is 1. The zero-order valence-corrected chi connectivity index (χ0v) is 17.4. The van der Waals surface area contributed by atoms with E-state index < -0.39 is 9.84 Å². The van der Waals surface area contributed by atoms with E-state index in [1.807, 2.05) is 44.7 Å². The van der Waals surface area contributed by atoms with Gasteiger partial charge < -0.3 is 4.90 Å². The first-order chi connectivity index (χ1) is 12.3. The molecule has 2 saturated heterocycles. The Balaban J connectivity index is 2.04. The molecule has 2 fully saturated rings. The number of amides is 1. The van der Waals surface area contributed by atoms with Crippen molar-refractivity contribution in [1.82, 2.24) is 0 Å². The third-order valence-electron chi connectivity index (χ3n) is 5.23. The van der Waals surface area contributed by atoms with Crippen LogP contribution < -0.4 is 4.90 Å². The van der Waals surface area contributed by atoms with Crippen molar-refractivity contribution in [2.45, 2.75) is 51.8 Å². The number of carbonyl (C=O) groups excluding carboxylic acids is 1. The van der Waals surface area contributed by atoms with Gasteiger partial charge in [-0.2, -0.15) is 4.99 Å². The smallest absolute Gasteiger partial charge is 0.251 e. The summed E-state index contributed by atoms with van der Waals surface area (Å²) < 4.78 is 24.3. The summed E-state index contributed by atoms with van der Waals surface area (Å²) in [5, 5.41) is 0.591. The van der Waals surface area contributed by atoms with Crippen molar-refractivity contribution in [3.8, 4) is 0 Å². The molecule has 0 radical (unpaired) electrons. The normalized spacial score (nSPS) is 25.9. The SMILES string of the molecule is CCC(CC)C(=O)N=C1S[C@H]2CS(=O)(=O)C[C@H]2N1c1cc(C)ccc1C. The highest BCUT2D eigenvalue weighted by Gasteiger charge is 2.49. The van der Waals surface area contributed by atoms with E-state index in [2.05, 4.69) is 11.1 Å². The van der Waals surface area contributed by atoms with E-state index in [9.17, 15) is 13.2 Å². The minimum absolute atomic E-state index is 0.0619. The van der Waals surface area contributed by atoms with Crippen LogP contribution in [0.4, 0.5) is 5.69 Å². The van der Waals surface area contributed by atoms with Crippen LogP contribution in [0, 0.1) is 19.8 Å². The molecule has 3 rings (SSSR count). The molecular formula is C19H26N2O3S2. The molecule has 2 atom stereocenters. The van der Waals surface area contributed by atoms with Crippen molar-refractivity contribution >= 4 is 38.4 Å². The van der Waals surface area contributed by atoms with Crippen LogP contribution in [0.1, 0.15) is 37.8 Å². The molecular weight excluding hydrogens is 368 g/mol. The fourth-order valence-corrected chi connectivity index (χ4v) is 7.56. The summed E-state index contributed by atoms with van der Waals surface area (Å²) in [6.07, 6.45) is 1.53. The molecule has 0 saturated carbocycles. The summed E-state index contributed by atoms with van der Waals surface area (Å²) in [6, 6.07) is 5.97. The molecule has 26 heavy (non-hydrogen) atoms. The first-order valence-electron chi connectivity index (χ1n) is 9.11. The summed E-state index contributed by atoms with van der Waals surface area (Å²) in [5.74, 6) is 0.0985. The van der Waals surface area contributed by atoms with Crippen LogP contribution in [-0.4, -0.2) is 42.3 Å². The average Bonchev–Trinajstić information content (AvgIpc) is 3.02. The lowest BCUT2D eigenvalue weighted by Crippen LogP contribution is -2.38. The van der Waals surface area contributed by atoms with Crippen LogP contribution in [0.5, 0.6) is 0 Å². The van der Waals surface area contributed by atoms with Crippen molar-refractivity contribution in [2.75, 3.05) is 16.4 Å². The fraction of sp³-hybridized carbons (Fsp3) is 0.579. The summed E-state index contributed by atoms with van der Waals surface area (Å²) in [6.45, 7) is 8.02. The van der Waals surface area contributed by atoms with Crippen molar-refractivity contribution in [3.63, 3.8) is 0 Å². The second kappa shape index (κ2) is 7.35. The first kappa shape index (κ1) is 19.4. The second-order valence-electron chi connectivity index (χ2n) is 7.21. The van der Waals surface area contributed by atoms with Gasteiger partial charge in [-0.25, -0.2) is 8.42 Å². The van der Waals surface area contributed by atoms with Crippen molar-refractivity contribution in [1.29, 1.82) is 0 Å². The lowest BCUT2D eigenvalue weighted by atomic mass is 10.0. The lowest BCUT2D eigenvalue weighted by Gasteiger charge is -2.26.